The highest BCUT2D eigenvalue weighted by atomic mass is 16.1. The van der Waals surface area contributed by atoms with Crippen LogP contribution in [-0.4, -0.2) is 11.3 Å². The highest BCUT2D eigenvalue weighted by Crippen LogP contribution is 2.17. The summed E-state index contributed by atoms with van der Waals surface area (Å²) in [6.45, 7) is 0. The van der Waals surface area contributed by atoms with E-state index in [0.717, 1.165) is 17.5 Å². The topological polar surface area (TPSA) is 56.0 Å². The van der Waals surface area contributed by atoms with Crippen molar-refractivity contribution in [1.29, 1.82) is 0 Å². The van der Waals surface area contributed by atoms with Crippen molar-refractivity contribution in [2.24, 2.45) is 5.73 Å². The molecule has 0 bridgehead atoms. The second-order valence-corrected chi connectivity index (χ2v) is 3.52. The Kier molecular flexibility index (Phi) is 3.08. The van der Waals surface area contributed by atoms with Crippen LogP contribution in [0.15, 0.2) is 48.7 Å². The van der Waals surface area contributed by atoms with E-state index in [1.54, 1.807) is 18.3 Å². The van der Waals surface area contributed by atoms with Gasteiger partial charge in [-0.25, -0.2) is 0 Å². The van der Waals surface area contributed by atoms with Crippen LogP contribution in [0.1, 0.15) is 27.7 Å². The summed E-state index contributed by atoms with van der Waals surface area (Å²) in [6.07, 6.45) is 2.53. The highest BCUT2D eigenvalue weighted by molar-refractivity contribution is 5.74. The van der Waals surface area contributed by atoms with Gasteiger partial charge in [0.05, 0.1) is 11.7 Å². The maximum absolute atomic E-state index is 10.5. The van der Waals surface area contributed by atoms with Crippen LogP contribution < -0.4 is 5.73 Å². The Hall–Kier alpha value is -2.00. The van der Waals surface area contributed by atoms with E-state index in [4.69, 9.17) is 5.73 Å². The van der Waals surface area contributed by atoms with Gasteiger partial charge in [-0.1, -0.05) is 30.3 Å². The summed E-state index contributed by atoms with van der Waals surface area (Å²) >= 11 is 0. The fourth-order valence-corrected chi connectivity index (χ4v) is 1.51. The van der Waals surface area contributed by atoms with Crippen molar-refractivity contribution in [3.8, 4) is 0 Å². The van der Waals surface area contributed by atoms with E-state index in [-0.39, 0.29) is 6.04 Å². The van der Waals surface area contributed by atoms with Crippen LogP contribution >= 0.6 is 0 Å². The number of hydrogen-bond acceptors (Lipinski definition) is 3. The van der Waals surface area contributed by atoms with Crippen LogP contribution in [0.4, 0.5) is 0 Å². The summed E-state index contributed by atoms with van der Waals surface area (Å²) in [6, 6.07) is 12.6. The Morgan fingerprint density at radius 1 is 1.12 bits per heavy atom. The predicted molar refractivity (Wildman–Crippen MR) is 62.1 cm³/mol. The van der Waals surface area contributed by atoms with Crippen molar-refractivity contribution >= 4 is 6.29 Å². The van der Waals surface area contributed by atoms with Crippen molar-refractivity contribution < 1.29 is 4.79 Å². The maximum Gasteiger partial charge on any atom is 0.150 e. The summed E-state index contributed by atoms with van der Waals surface area (Å²) in [7, 11) is 0. The molecule has 0 amide bonds. The monoisotopic (exact) mass is 212 g/mol. The molecule has 2 rings (SSSR count). The van der Waals surface area contributed by atoms with Gasteiger partial charge in [0, 0.05) is 11.8 Å². The molecule has 3 heteroatoms. The van der Waals surface area contributed by atoms with Gasteiger partial charge in [-0.15, -0.1) is 0 Å². The Morgan fingerprint density at radius 2 is 1.88 bits per heavy atom. The van der Waals surface area contributed by atoms with Crippen LogP contribution in [0, 0.1) is 0 Å². The summed E-state index contributed by atoms with van der Waals surface area (Å²) in [5.41, 5.74) is 8.48. The first-order chi connectivity index (χ1) is 7.81. The van der Waals surface area contributed by atoms with E-state index < -0.39 is 0 Å². The summed E-state index contributed by atoms with van der Waals surface area (Å²) < 4.78 is 0. The minimum absolute atomic E-state index is 0.248. The molecule has 1 atom stereocenters. The van der Waals surface area contributed by atoms with Crippen LogP contribution in [0.25, 0.3) is 0 Å². The number of nitrogens with two attached hydrogens (primary N) is 1. The summed E-state index contributed by atoms with van der Waals surface area (Å²) in [4.78, 5) is 14.7. The summed E-state index contributed by atoms with van der Waals surface area (Å²) in [5, 5.41) is 0. The van der Waals surface area contributed by atoms with Gasteiger partial charge in [0.15, 0.2) is 0 Å². The number of benzene rings is 1. The molecule has 0 radical (unpaired) electrons. The van der Waals surface area contributed by atoms with E-state index in [1.165, 1.54) is 0 Å². The molecule has 80 valence electrons. The SMILES string of the molecule is NC(c1ccc(C=O)cc1)c1ccccn1. The van der Waals surface area contributed by atoms with E-state index in [0.29, 0.717) is 5.56 Å². The van der Waals surface area contributed by atoms with Crippen LogP contribution in [0.5, 0.6) is 0 Å². The molecule has 0 fully saturated rings. The van der Waals surface area contributed by atoms with Gasteiger partial charge in [0.25, 0.3) is 0 Å². The summed E-state index contributed by atoms with van der Waals surface area (Å²) in [5.74, 6) is 0. The molecule has 1 aromatic carbocycles. The Bertz CT molecular complexity index is 465. The van der Waals surface area contributed by atoms with E-state index in [1.807, 2.05) is 30.3 Å². The number of nitrogens with zero attached hydrogens (tertiary/aromatic N) is 1. The van der Waals surface area contributed by atoms with Gasteiger partial charge < -0.3 is 5.73 Å². The molecule has 3 nitrogen and oxygen atoms in total. The molecule has 0 saturated heterocycles. The zero-order chi connectivity index (χ0) is 11.4. The molecule has 0 aliphatic rings. The second kappa shape index (κ2) is 4.68. The highest BCUT2D eigenvalue weighted by Gasteiger charge is 2.08. The van der Waals surface area contributed by atoms with E-state index in [2.05, 4.69) is 4.98 Å². The van der Waals surface area contributed by atoms with E-state index in [9.17, 15) is 4.79 Å². The van der Waals surface area contributed by atoms with E-state index >= 15 is 0 Å². The quantitative estimate of drug-likeness (QED) is 0.791. The zero-order valence-corrected chi connectivity index (χ0v) is 8.71. The normalized spacial score (nSPS) is 12.1. The third-order valence-electron chi connectivity index (χ3n) is 2.44. The lowest BCUT2D eigenvalue weighted by atomic mass is 10.0. The fourth-order valence-electron chi connectivity index (χ4n) is 1.51. The lowest BCUT2D eigenvalue weighted by molar-refractivity contribution is 0.112. The minimum Gasteiger partial charge on any atom is -0.319 e. The van der Waals surface area contributed by atoms with Gasteiger partial charge >= 0.3 is 0 Å². The number of pyridine rings is 1. The zero-order valence-electron chi connectivity index (χ0n) is 8.71. The van der Waals surface area contributed by atoms with Crippen molar-refractivity contribution in [3.05, 3.63) is 65.5 Å². The maximum atomic E-state index is 10.5. The number of rotatable bonds is 3. The number of aldehydes is 1. The predicted octanol–water partition coefficient (Wildman–Crippen LogP) is 1.94. The Labute approximate surface area is 93.9 Å². The third kappa shape index (κ3) is 2.15. The minimum atomic E-state index is -0.248. The molecule has 0 saturated carbocycles. The average molecular weight is 212 g/mol. The van der Waals surface area contributed by atoms with Crippen LogP contribution in [0.3, 0.4) is 0 Å². The molecule has 1 unspecified atom stereocenters. The molecule has 0 spiro atoms. The first kappa shape index (κ1) is 10.5. The van der Waals surface area contributed by atoms with Crippen LogP contribution in [0.2, 0.25) is 0 Å². The van der Waals surface area contributed by atoms with Crippen molar-refractivity contribution in [2.45, 2.75) is 6.04 Å². The molecule has 1 heterocycles. The molecule has 16 heavy (non-hydrogen) atoms. The Morgan fingerprint density at radius 3 is 2.44 bits per heavy atom. The number of aromatic nitrogens is 1. The molecule has 2 aromatic rings. The first-order valence-electron chi connectivity index (χ1n) is 5.03. The molecule has 1 aromatic heterocycles. The number of carbonyl (C=O) groups excluding carboxylic acids is 1. The van der Waals surface area contributed by atoms with Gasteiger partial charge in [0.2, 0.25) is 0 Å². The van der Waals surface area contributed by atoms with Gasteiger partial charge in [-0.05, 0) is 17.7 Å². The van der Waals surface area contributed by atoms with Crippen molar-refractivity contribution in [3.63, 3.8) is 0 Å². The Balaban J connectivity index is 2.27. The third-order valence-corrected chi connectivity index (χ3v) is 2.44. The average Bonchev–Trinajstić information content (AvgIpc) is 2.39. The van der Waals surface area contributed by atoms with Gasteiger partial charge in [-0.2, -0.15) is 0 Å². The molecule has 0 aliphatic carbocycles. The number of carbonyl (C=O) groups is 1. The largest absolute Gasteiger partial charge is 0.319 e. The lowest BCUT2D eigenvalue weighted by Crippen LogP contribution is -2.13. The molecular weight excluding hydrogens is 200 g/mol. The molecule has 2 N–H and O–H groups in total. The van der Waals surface area contributed by atoms with Gasteiger partial charge in [-0.3, -0.25) is 9.78 Å². The van der Waals surface area contributed by atoms with Gasteiger partial charge in [0.1, 0.15) is 6.29 Å². The molecule has 0 aliphatic heterocycles. The molecular formula is C13H12N2O. The number of hydrogen-bond donors (Lipinski definition) is 1. The van der Waals surface area contributed by atoms with Crippen LogP contribution in [-0.2, 0) is 0 Å². The van der Waals surface area contributed by atoms with Crippen molar-refractivity contribution in [2.75, 3.05) is 0 Å². The first-order valence-corrected chi connectivity index (χ1v) is 5.03. The smallest absolute Gasteiger partial charge is 0.150 e. The standard InChI is InChI=1S/C13H12N2O/c14-13(12-3-1-2-8-15-12)11-6-4-10(9-16)5-7-11/h1-9,13H,14H2. The lowest BCUT2D eigenvalue weighted by Gasteiger charge is -2.11. The fraction of sp³-hybridized carbons (Fsp3) is 0.0769. The second-order valence-electron chi connectivity index (χ2n) is 3.52. The van der Waals surface area contributed by atoms with Crippen molar-refractivity contribution in [1.82, 2.24) is 4.98 Å².